The standard InChI is InChI=1S/C19H24F3N3O2S/c1-19(2,3)14(12-6-8-13(9-7-12)28(20,21)22)10-16(26)15-11-17(27)24-18(23-15)25(4)5/h6-9,11,14H,10H2,1-5H3,(H,23,24,27)/t14-/m0/s1. The molecule has 0 unspecified atom stereocenters. The maximum atomic E-state index is 12.9. The van der Waals surface area contributed by atoms with Crippen LogP contribution in [0.4, 0.5) is 17.6 Å². The van der Waals surface area contributed by atoms with Gasteiger partial charge < -0.3 is 4.90 Å². The van der Waals surface area contributed by atoms with Crippen molar-refractivity contribution >= 4 is 22.9 Å². The third kappa shape index (κ3) is 5.37. The second-order valence-corrected chi connectivity index (χ2v) is 9.15. The fourth-order valence-electron chi connectivity index (χ4n) is 2.87. The zero-order valence-electron chi connectivity index (χ0n) is 16.4. The molecule has 0 radical (unpaired) electrons. The van der Waals surface area contributed by atoms with E-state index in [-0.39, 0.29) is 35.2 Å². The van der Waals surface area contributed by atoms with Gasteiger partial charge in [0.15, 0.2) is 5.78 Å². The van der Waals surface area contributed by atoms with Gasteiger partial charge in [-0.15, -0.1) is 11.7 Å². The lowest BCUT2D eigenvalue weighted by molar-refractivity contribution is 0.0946. The molecule has 0 aliphatic carbocycles. The van der Waals surface area contributed by atoms with Crippen molar-refractivity contribution in [2.24, 2.45) is 5.41 Å². The highest BCUT2D eigenvalue weighted by molar-refractivity contribution is 8.20. The second kappa shape index (κ2) is 7.98. The monoisotopic (exact) mass is 415 g/mol. The highest BCUT2D eigenvalue weighted by Crippen LogP contribution is 2.60. The lowest BCUT2D eigenvalue weighted by Crippen LogP contribution is -2.24. The van der Waals surface area contributed by atoms with E-state index in [1.165, 1.54) is 12.1 Å². The molecule has 1 N–H and O–H groups in total. The number of H-pyrrole nitrogens is 1. The first-order valence-corrected chi connectivity index (χ1v) is 9.96. The quantitative estimate of drug-likeness (QED) is 0.670. The number of halogens is 3. The molecule has 0 aliphatic heterocycles. The third-order valence-corrected chi connectivity index (χ3v) is 5.23. The minimum atomic E-state index is -5.28. The van der Waals surface area contributed by atoms with Gasteiger partial charge in [0, 0.05) is 26.6 Å². The molecule has 154 valence electrons. The van der Waals surface area contributed by atoms with Crippen LogP contribution in [-0.4, -0.2) is 29.8 Å². The van der Waals surface area contributed by atoms with Gasteiger partial charge >= 0.3 is 0 Å². The number of hydrogen-bond donors (Lipinski definition) is 1. The van der Waals surface area contributed by atoms with Crippen LogP contribution in [0.2, 0.25) is 0 Å². The van der Waals surface area contributed by atoms with E-state index in [1.807, 2.05) is 20.8 Å². The molecule has 5 nitrogen and oxygen atoms in total. The van der Waals surface area contributed by atoms with Crippen LogP contribution >= 0.6 is 11.2 Å². The number of Topliss-reactive ketones (excluding diaryl/α,β-unsaturated/α-hetero) is 1. The van der Waals surface area contributed by atoms with Crippen LogP contribution in [0.15, 0.2) is 40.0 Å². The highest BCUT2D eigenvalue weighted by Gasteiger charge is 2.31. The molecule has 9 heteroatoms. The minimum absolute atomic E-state index is 0.0328. The minimum Gasteiger partial charge on any atom is -0.348 e. The van der Waals surface area contributed by atoms with Crippen molar-refractivity contribution < 1.29 is 16.5 Å². The largest absolute Gasteiger partial charge is 0.348 e. The van der Waals surface area contributed by atoms with Gasteiger partial charge in [-0.1, -0.05) is 32.9 Å². The molecule has 0 amide bonds. The van der Waals surface area contributed by atoms with Gasteiger partial charge in [-0.3, -0.25) is 14.6 Å². The molecule has 0 saturated carbocycles. The molecule has 0 fully saturated rings. The van der Waals surface area contributed by atoms with Gasteiger partial charge in [0.2, 0.25) is 17.1 Å². The molecule has 28 heavy (non-hydrogen) atoms. The molecule has 0 spiro atoms. The molecule has 1 atom stereocenters. The van der Waals surface area contributed by atoms with Crippen molar-refractivity contribution in [1.29, 1.82) is 0 Å². The summed E-state index contributed by atoms with van der Waals surface area (Å²) >= 11 is -5.28. The smallest absolute Gasteiger partial charge is 0.252 e. The Morgan fingerprint density at radius 3 is 2.21 bits per heavy atom. The summed E-state index contributed by atoms with van der Waals surface area (Å²) in [6.45, 7) is 5.76. The summed E-state index contributed by atoms with van der Waals surface area (Å²) < 4.78 is 38.7. The Labute approximate surface area is 164 Å². The van der Waals surface area contributed by atoms with E-state index in [1.54, 1.807) is 19.0 Å². The number of nitrogens with one attached hydrogen (secondary N) is 1. The van der Waals surface area contributed by atoms with E-state index in [2.05, 4.69) is 9.97 Å². The molecule has 1 aromatic carbocycles. The SMILES string of the molecule is CN(C)c1nc(C(=O)C[C@@H](c2ccc(S(F)(F)F)cc2)C(C)(C)C)cc(=O)[nH]1. The van der Waals surface area contributed by atoms with Crippen molar-refractivity contribution in [3.05, 3.63) is 51.9 Å². The van der Waals surface area contributed by atoms with Crippen LogP contribution in [0, 0.1) is 5.41 Å². The zero-order chi connectivity index (χ0) is 21.3. The van der Waals surface area contributed by atoms with E-state index in [9.17, 15) is 21.2 Å². The first-order chi connectivity index (χ1) is 12.8. The second-order valence-electron chi connectivity index (χ2n) is 7.87. The number of ketones is 1. The number of anilines is 1. The number of rotatable bonds is 6. The average Bonchev–Trinajstić information content (AvgIpc) is 2.57. The Morgan fingerprint density at radius 2 is 1.75 bits per heavy atom. The van der Waals surface area contributed by atoms with Gasteiger partial charge in [0.05, 0.1) is 4.90 Å². The zero-order valence-corrected chi connectivity index (χ0v) is 17.2. The third-order valence-electron chi connectivity index (χ3n) is 4.42. The first-order valence-electron chi connectivity index (χ1n) is 8.63. The molecule has 1 aromatic heterocycles. The molecular weight excluding hydrogens is 391 g/mol. The predicted octanol–water partition coefficient (Wildman–Crippen LogP) is 5.06. The van der Waals surface area contributed by atoms with Crippen molar-refractivity contribution in [3.8, 4) is 0 Å². The molecule has 0 bridgehead atoms. The number of aromatic nitrogens is 2. The number of aromatic amines is 1. The van der Waals surface area contributed by atoms with Gasteiger partial charge in [-0.2, -0.15) is 0 Å². The summed E-state index contributed by atoms with van der Waals surface area (Å²) in [4.78, 5) is 32.3. The average molecular weight is 415 g/mol. The van der Waals surface area contributed by atoms with Crippen molar-refractivity contribution in [2.75, 3.05) is 19.0 Å². The van der Waals surface area contributed by atoms with Gasteiger partial charge in [-0.25, -0.2) is 4.98 Å². The summed E-state index contributed by atoms with van der Waals surface area (Å²) in [6.07, 6.45) is 0.0328. The van der Waals surface area contributed by atoms with Crippen LogP contribution in [-0.2, 0) is 0 Å². The lowest BCUT2D eigenvalue weighted by atomic mass is 9.73. The Kier molecular flexibility index (Phi) is 6.27. The molecule has 2 rings (SSSR count). The molecular formula is C19H24F3N3O2S. The summed E-state index contributed by atoms with van der Waals surface area (Å²) in [7, 11) is 3.38. The summed E-state index contributed by atoms with van der Waals surface area (Å²) in [5.41, 5.74) is -0.135. The van der Waals surface area contributed by atoms with Crippen molar-refractivity contribution in [3.63, 3.8) is 0 Å². The normalized spacial score (nSPS) is 13.9. The van der Waals surface area contributed by atoms with Gasteiger partial charge in [0.1, 0.15) is 5.69 Å². The van der Waals surface area contributed by atoms with E-state index >= 15 is 0 Å². The van der Waals surface area contributed by atoms with Gasteiger partial charge in [-0.05, 0) is 29.0 Å². The van der Waals surface area contributed by atoms with Crippen LogP contribution in [0.5, 0.6) is 0 Å². The van der Waals surface area contributed by atoms with E-state index in [4.69, 9.17) is 0 Å². The Bertz CT molecular complexity index is 900. The van der Waals surface area contributed by atoms with Crippen LogP contribution < -0.4 is 10.5 Å². The molecule has 0 saturated heterocycles. The molecule has 2 aromatic rings. The number of nitrogens with zero attached hydrogens (tertiary/aromatic N) is 2. The maximum Gasteiger partial charge on any atom is 0.252 e. The summed E-state index contributed by atoms with van der Waals surface area (Å²) in [5.74, 6) is -0.401. The fourth-order valence-corrected chi connectivity index (χ4v) is 3.31. The lowest BCUT2D eigenvalue weighted by Gasteiger charge is -2.31. The Balaban J connectivity index is 2.36. The number of hydrogen-bond acceptors (Lipinski definition) is 4. The van der Waals surface area contributed by atoms with Crippen molar-refractivity contribution in [2.45, 2.75) is 38.0 Å². The van der Waals surface area contributed by atoms with Gasteiger partial charge in [0.25, 0.3) is 5.56 Å². The highest BCUT2D eigenvalue weighted by atomic mass is 32.3. The van der Waals surface area contributed by atoms with Crippen LogP contribution in [0.3, 0.4) is 0 Å². The molecule has 1 heterocycles. The van der Waals surface area contributed by atoms with E-state index in [0.717, 1.165) is 18.2 Å². The fraction of sp³-hybridized carbons (Fsp3) is 0.421. The number of carbonyl (C=O) groups is 1. The van der Waals surface area contributed by atoms with Crippen LogP contribution in [0.25, 0.3) is 0 Å². The number of carbonyl (C=O) groups excluding carboxylic acids is 1. The first kappa shape index (κ1) is 22.0. The van der Waals surface area contributed by atoms with Crippen molar-refractivity contribution in [1.82, 2.24) is 9.97 Å². The number of benzene rings is 1. The Hall–Kier alpha value is -2.29. The topological polar surface area (TPSA) is 66.1 Å². The summed E-state index contributed by atoms with van der Waals surface area (Å²) in [5, 5.41) is 0. The Morgan fingerprint density at radius 1 is 1.18 bits per heavy atom. The predicted molar refractivity (Wildman–Crippen MR) is 106 cm³/mol. The van der Waals surface area contributed by atoms with Crippen LogP contribution in [0.1, 0.15) is 49.2 Å². The maximum absolute atomic E-state index is 12.9. The molecule has 0 aliphatic rings. The summed E-state index contributed by atoms with van der Waals surface area (Å²) in [6, 6.07) is 6.11. The van der Waals surface area contributed by atoms with E-state index < -0.39 is 21.6 Å². The van der Waals surface area contributed by atoms with E-state index in [0.29, 0.717) is 5.56 Å².